The summed E-state index contributed by atoms with van der Waals surface area (Å²) in [6, 6.07) is 0. The van der Waals surface area contributed by atoms with E-state index in [0.29, 0.717) is 17.1 Å². The van der Waals surface area contributed by atoms with Gasteiger partial charge in [-0.1, -0.05) is 0 Å². The summed E-state index contributed by atoms with van der Waals surface area (Å²) >= 11 is 1.46. The van der Waals surface area contributed by atoms with Crippen molar-refractivity contribution in [1.29, 1.82) is 0 Å². The molecule has 19 heavy (non-hydrogen) atoms. The molecule has 0 saturated heterocycles. The van der Waals surface area contributed by atoms with E-state index in [1.54, 1.807) is 27.8 Å². The third kappa shape index (κ3) is 3.95. The van der Waals surface area contributed by atoms with Crippen molar-refractivity contribution < 1.29 is 13.5 Å². The topological polar surface area (TPSA) is 84.2 Å². The average molecular weight is 307 g/mol. The highest BCUT2D eigenvalue weighted by atomic mass is 32.2. The van der Waals surface area contributed by atoms with Crippen LogP contribution in [0.1, 0.15) is 18.3 Å². The van der Waals surface area contributed by atoms with Gasteiger partial charge in [0.15, 0.2) is 0 Å². The van der Waals surface area contributed by atoms with Crippen molar-refractivity contribution in [3.05, 3.63) is 11.4 Å². The number of hydrogen-bond acceptors (Lipinski definition) is 5. The van der Waals surface area contributed by atoms with Gasteiger partial charge in [0.25, 0.3) is 0 Å². The van der Waals surface area contributed by atoms with E-state index in [9.17, 15) is 13.5 Å². The van der Waals surface area contributed by atoms with E-state index in [1.165, 1.54) is 16.4 Å². The first-order chi connectivity index (χ1) is 8.60. The number of nitrogens with zero attached hydrogens (tertiary/aromatic N) is 2. The average Bonchev–Trinajstić information content (AvgIpc) is 2.51. The molecule has 0 aliphatic heterocycles. The first kappa shape index (κ1) is 16.5. The Bertz CT molecular complexity index is 550. The molecule has 0 spiro atoms. The zero-order valence-corrected chi connectivity index (χ0v) is 13.5. The molecule has 0 aliphatic rings. The van der Waals surface area contributed by atoms with Crippen LogP contribution in [0.25, 0.3) is 0 Å². The second-order valence-electron chi connectivity index (χ2n) is 4.88. The van der Waals surface area contributed by atoms with E-state index in [0.717, 1.165) is 0 Å². The lowest BCUT2D eigenvalue weighted by Crippen LogP contribution is -2.42. The van der Waals surface area contributed by atoms with Crippen molar-refractivity contribution in [2.75, 3.05) is 18.6 Å². The number of aromatic nitrogens is 2. The van der Waals surface area contributed by atoms with Gasteiger partial charge in [-0.2, -0.15) is 16.9 Å². The maximum absolute atomic E-state index is 12.3. The van der Waals surface area contributed by atoms with E-state index in [-0.39, 0.29) is 11.4 Å². The van der Waals surface area contributed by atoms with Crippen LogP contribution in [0.2, 0.25) is 0 Å². The van der Waals surface area contributed by atoms with E-state index in [2.05, 4.69) is 9.82 Å². The Hall–Kier alpha value is -0.570. The third-order valence-electron chi connectivity index (χ3n) is 2.81. The summed E-state index contributed by atoms with van der Waals surface area (Å²) in [5.41, 5.74) is -0.0391. The lowest BCUT2D eigenvalue weighted by atomic mass is 10.1. The molecule has 1 aromatic heterocycles. The first-order valence-corrected chi connectivity index (χ1v) is 8.69. The molecule has 0 bridgehead atoms. The fourth-order valence-corrected chi connectivity index (χ4v) is 4.15. The molecule has 0 aliphatic carbocycles. The van der Waals surface area contributed by atoms with Crippen LogP contribution in [-0.4, -0.2) is 47.5 Å². The van der Waals surface area contributed by atoms with Crippen molar-refractivity contribution in [2.24, 2.45) is 7.05 Å². The Morgan fingerprint density at radius 3 is 2.47 bits per heavy atom. The van der Waals surface area contributed by atoms with Gasteiger partial charge in [0.05, 0.1) is 17.0 Å². The molecule has 0 unspecified atom stereocenters. The molecule has 8 heteroatoms. The lowest BCUT2D eigenvalue weighted by molar-refractivity contribution is 0.0908. The maximum Gasteiger partial charge on any atom is 0.244 e. The summed E-state index contributed by atoms with van der Waals surface area (Å²) in [5, 5.41) is 14.1. The molecule has 2 N–H and O–H groups in total. The van der Waals surface area contributed by atoms with Gasteiger partial charge in [0, 0.05) is 19.3 Å². The summed E-state index contributed by atoms with van der Waals surface area (Å²) < 4.78 is 28.5. The number of rotatable bonds is 6. The molecular formula is C11H21N3O3S2. The number of aliphatic hydroxyl groups is 1. The fraction of sp³-hybridized carbons (Fsp3) is 0.727. The number of nitrogens with one attached hydrogen (secondary N) is 1. The summed E-state index contributed by atoms with van der Waals surface area (Å²) in [4.78, 5) is 0.190. The summed E-state index contributed by atoms with van der Waals surface area (Å²) in [6.07, 6.45) is 1.86. The standard InChI is InChI=1S/C11H21N3O3S2/c1-8-10(9(2)14(4)13-8)19(16,17)12-6-11(3,15)7-18-5/h12,15H,6-7H2,1-5H3/t11-/m1/s1. The molecule has 0 radical (unpaired) electrons. The molecule has 0 saturated carbocycles. The molecule has 1 heterocycles. The van der Waals surface area contributed by atoms with Crippen LogP contribution >= 0.6 is 11.8 Å². The second-order valence-corrected chi connectivity index (χ2v) is 7.45. The number of sulfonamides is 1. The SMILES string of the molecule is CSC[C@](C)(O)CNS(=O)(=O)c1c(C)nn(C)c1C. The minimum absolute atomic E-state index is 0.0239. The monoisotopic (exact) mass is 307 g/mol. The third-order valence-corrected chi connectivity index (χ3v) is 5.37. The number of thioether (sulfide) groups is 1. The molecule has 110 valence electrons. The molecular weight excluding hydrogens is 286 g/mol. The molecule has 1 aromatic rings. The molecule has 0 aromatic carbocycles. The maximum atomic E-state index is 12.3. The molecule has 1 atom stereocenters. The zero-order valence-electron chi connectivity index (χ0n) is 11.9. The highest BCUT2D eigenvalue weighted by Crippen LogP contribution is 2.19. The first-order valence-electron chi connectivity index (χ1n) is 5.82. The lowest BCUT2D eigenvalue weighted by Gasteiger charge is -2.22. The Morgan fingerprint density at radius 1 is 1.47 bits per heavy atom. The van der Waals surface area contributed by atoms with Crippen LogP contribution in [0, 0.1) is 13.8 Å². The minimum Gasteiger partial charge on any atom is -0.388 e. The van der Waals surface area contributed by atoms with Gasteiger partial charge in [0.2, 0.25) is 10.0 Å². The Morgan fingerprint density at radius 2 is 2.05 bits per heavy atom. The smallest absolute Gasteiger partial charge is 0.244 e. The molecule has 0 amide bonds. The van der Waals surface area contributed by atoms with Crippen LogP contribution in [0.3, 0.4) is 0 Å². The molecule has 0 fully saturated rings. The fourth-order valence-electron chi connectivity index (χ4n) is 1.83. The number of aryl methyl sites for hydroxylation is 2. The van der Waals surface area contributed by atoms with Crippen molar-refractivity contribution in [1.82, 2.24) is 14.5 Å². The predicted octanol–water partition coefficient (Wildman–Crippen LogP) is 0.429. The van der Waals surface area contributed by atoms with Crippen molar-refractivity contribution in [3.63, 3.8) is 0 Å². The largest absolute Gasteiger partial charge is 0.388 e. The van der Waals surface area contributed by atoms with Gasteiger partial charge in [-0.15, -0.1) is 0 Å². The second kappa shape index (κ2) is 5.82. The van der Waals surface area contributed by atoms with Gasteiger partial charge in [-0.05, 0) is 27.0 Å². The minimum atomic E-state index is -3.65. The molecule has 6 nitrogen and oxygen atoms in total. The quantitative estimate of drug-likeness (QED) is 0.796. The van der Waals surface area contributed by atoms with Crippen molar-refractivity contribution in [2.45, 2.75) is 31.3 Å². The Labute approximate surface area is 118 Å². The van der Waals surface area contributed by atoms with Gasteiger partial charge >= 0.3 is 0 Å². The van der Waals surface area contributed by atoms with E-state index in [4.69, 9.17) is 0 Å². The van der Waals surface area contributed by atoms with Crippen molar-refractivity contribution >= 4 is 21.8 Å². The zero-order chi connectivity index (χ0) is 14.8. The van der Waals surface area contributed by atoms with E-state index in [1.807, 2.05) is 6.26 Å². The highest BCUT2D eigenvalue weighted by Gasteiger charge is 2.27. The van der Waals surface area contributed by atoms with Gasteiger partial charge in [-0.25, -0.2) is 13.1 Å². The van der Waals surface area contributed by atoms with E-state index >= 15 is 0 Å². The van der Waals surface area contributed by atoms with Crippen LogP contribution in [0.4, 0.5) is 0 Å². The molecule has 1 rings (SSSR count). The Balaban J connectivity index is 2.94. The van der Waals surface area contributed by atoms with Crippen LogP contribution in [0.15, 0.2) is 4.90 Å². The van der Waals surface area contributed by atoms with Gasteiger partial charge in [-0.3, -0.25) is 4.68 Å². The van der Waals surface area contributed by atoms with Gasteiger partial charge < -0.3 is 5.11 Å². The Kier molecular flexibility index (Phi) is 5.05. The van der Waals surface area contributed by atoms with Crippen LogP contribution in [0.5, 0.6) is 0 Å². The summed E-state index contributed by atoms with van der Waals surface area (Å²) in [5.74, 6) is 0.459. The van der Waals surface area contributed by atoms with Crippen LogP contribution in [-0.2, 0) is 17.1 Å². The van der Waals surface area contributed by atoms with Crippen LogP contribution < -0.4 is 4.72 Å². The van der Waals surface area contributed by atoms with Crippen molar-refractivity contribution in [3.8, 4) is 0 Å². The summed E-state index contributed by atoms with van der Waals surface area (Å²) in [7, 11) is -1.96. The summed E-state index contributed by atoms with van der Waals surface area (Å²) in [6.45, 7) is 4.94. The highest BCUT2D eigenvalue weighted by molar-refractivity contribution is 7.98. The van der Waals surface area contributed by atoms with Gasteiger partial charge in [0.1, 0.15) is 4.90 Å². The predicted molar refractivity (Wildman–Crippen MR) is 76.9 cm³/mol. The normalized spacial score (nSPS) is 15.5. The number of hydrogen-bond donors (Lipinski definition) is 2. The van der Waals surface area contributed by atoms with E-state index < -0.39 is 15.6 Å².